The van der Waals surface area contributed by atoms with Gasteiger partial charge < -0.3 is 14.5 Å². The van der Waals surface area contributed by atoms with Gasteiger partial charge in [0.05, 0.1) is 30.5 Å². The predicted molar refractivity (Wildman–Crippen MR) is 131 cm³/mol. The zero-order valence-electron chi connectivity index (χ0n) is 21.0. The molecule has 5 rings (SSSR count). The zero-order valence-corrected chi connectivity index (χ0v) is 21.0. The molecule has 3 fully saturated rings. The van der Waals surface area contributed by atoms with Crippen LogP contribution in [-0.4, -0.2) is 83.9 Å². The number of alkyl halides is 3. The number of ether oxygens (including phenoxy) is 1. The molecule has 37 heavy (non-hydrogen) atoms. The van der Waals surface area contributed by atoms with Crippen molar-refractivity contribution in [3.63, 3.8) is 0 Å². The van der Waals surface area contributed by atoms with Crippen molar-refractivity contribution in [3.8, 4) is 0 Å². The molecule has 8 nitrogen and oxygen atoms in total. The Balaban J connectivity index is 1.25. The van der Waals surface area contributed by atoms with Gasteiger partial charge in [-0.25, -0.2) is 4.79 Å². The number of rotatable bonds is 5. The first-order valence-electron chi connectivity index (χ1n) is 12.8. The minimum Gasteiger partial charge on any atom is -0.378 e. The zero-order chi connectivity index (χ0) is 26.2. The highest BCUT2D eigenvalue weighted by atomic mass is 19.4. The average molecular weight is 520 g/mol. The van der Waals surface area contributed by atoms with Crippen molar-refractivity contribution in [3.05, 3.63) is 47.3 Å². The Bertz CT molecular complexity index is 1160. The molecule has 1 aromatic heterocycles. The van der Waals surface area contributed by atoms with E-state index in [0.29, 0.717) is 70.2 Å². The van der Waals surface area contributed by atoms with E-state index in [2.05, 4.69) is 10.00 Å². The van der Waals surface area contributed by atoms with Crippen LogP contribution in [0.25, 0.3) is 0 Å². The fourth-order valence-electron chi connectivity index (χ4n) is 5.74. The van der Waals surface area contributed by atoms with Gasteiger partial charge in [-0.2, -0.15) is 23.0 Å². The molecule has 0 N–H and O–H groups in total. The summed E-state index contributed by atoms with van der Waals surface area (Å²) in [5, 5.41) is 4.07. The summed E-state index contributed by atoms with van der Waals surface area (Å²) in [5.74, 6) is -0.0698. The number of ketones is 1. The van der Waals surface area contributed by atoms with Crippen LogP contribution < -0.4 is 4.90 Å². The van der Waals surface area contributed by atoms with E-state index < -0.39 is 11.7 Å². The lowest BCUT2D eigenvalue weighted by Crippen LogP contribution is -2.36. The number of carbonyl (C=O) groups is 2. The molecule has 0 aliphatic carbocycles. The first-order valence-corrected chi connectivity index (χ1v) is 12.8. The first kappa shape index (κ1) is 25.7. The third-order valence-corrected chi connectivity index (χ3v) is 7.82. The molecule has 0 saturated carbocycles. The molecule has 4 heterocycles. The molecule has 2 aromatic rings. The molecule has 1 spiro atoms. The highest BCUT2D eigenvalue weighted by molar-refractivity contribution is 5.96. The lowest BCUT2D eigenvalue weighted by Gasteiger charge is -2.30. The molecule has 1 atom stereocenters. The van der Waals surface area contributed by atoms with E-state index in [0.717, 1.165) is 12.8 Å². The maximum atomic E-state index is 14.0. The van der Waals surface area contributed by atoms with E-state index in [1.165, 1.54) is 23.1 Å². The van der Waals surface area contributed by atoms with Crippen LogP contribution in [0, 0.1) is 5.41 Å². The molecule has 0 radical (unpaired) electrons. The van der Waals surface area contributed by atoms with Crippen LogP contribution >= 0.6 is 0 Å². The smallest absolute Gasteiger partial charge is 0.378 e. The first-order chi connectivity index (χ1) is 17.7. The van der Waals surface area contributed by atoms with E-state index >= 15 is 0 Å². The fraction of sp³-hybridized carbons (Fsp3) is 0.577. The monoisotopic (exact) mass is 519 g/mol. The average Bonchev–Trinajstić information content (AvgIpc) is 3.64. The Morgan fingerprint density at radius 3 is 2.57 bits per heavy atom. The van der Waals surface area contributed by atoms with Gasteiger partial charge in [-0.15, -0.1) is 0 Å². The second-order valence-corrected chi connectivity index (χ2v) is 10.3. The minimum atomic E-state index is -4.44. The number of hydrogen-bond donors (Lipinski definition) is 0. The van der Waals surface area contributed by atoms with Gasteiger partial charge in [-0.3, -0.25) is 9.69 Å². The van der Waals surface area contributed by atoms with Crippen LogP contribution in [0.1, 0.15) is 47.7 Å². The highest BCUT2D eigenvalue weighted by Gasteiger charge is 2.45. The van der Waals surface area contributed by atoms with E-state index in [1.807, 2.05) is 4.90 Å². The maximum absolute atomic E-state index is 14.0. The van der Waals surface area contributed by atoms with E-state index in [9.17, 15) is 22.8 Å². The van der Waals surface area contributed by atoms with Crippen molar-refractivity contribution in [2.75, 3.05) is 57.4 Å². The number of aromatic nitrogens is 2. The van der Waals surface area contributed by atoms with Crippen molar-refractivity contribution in [2.45, 2.75) is 38.9 Å². The SMILES string of the molecule is CCC(=O)c1cnn(C(=O)N2CCC3(CCN(Cc4ccc(N5CCOCC5)cc4C(F)(F)F)C3)C2)c1. The summed E-state index contributed by atoms with van der Waals surface area (Å²) in [6.45, 7) is 6.56. The van der Waals surface area contributed by atoms with Crippen molar-refractivity contribution < 1.29 is 27.5 Å². The quantitative estimate of drug-likeness (QED) is 0.559. The molecule has 1 amide bonds. The molecule has 200 valence electrons. The number of morpholine rings is 1. The minimum absolute atomic E-state index is 0.0698. The number of Topliss-reactive ketones (excluding diaryl/α,β-unsaturated/α-hetero) is 1. The highest BCUT2D eigenvalue weighted by Crippen LogP contribution is 2.41. The Morgan fingerprint density at radius 2 is 1.84 bits per heavy atom. The molecule has 3 aliphatic rings. The summed E-state index contributed by atoms with van der Waals surface area (Å²) in [5.41, 5.74) is 0.535. The summed E-state index contributed by atoms with van der Waals surface area (Å²) in [4.78, 5) is 30.6. The van der Waals surface area contributed by atoms with Crippen molar-refractivity contribution in [1.82, 2.24) is 19.6 Å². The predicted octanol–water partition coefficient (Wildman–Crippen LogP) is 3.90. The second-order valence-electron chi connectivity index (χ2n) is 10.3. The summed E-state index contributed by atoms with van der Waals surface area (Å²) in [7, 11) is 0. The van der Waals surface area contributed by atoms with Crippen molar-refractivity contribution >= 4 is 17.5 Å². The maximum Gasteiger partial charge on any atom is 0.416 e. The van der Waals surface area contributed by atoms with Crippen LogP contribution in [0.3, 0.4) is 0 Å². The van der Waals surface area contributed by atoms with Gasteiger partial charge in [0.1, 0.15) is 0 Å². The molecule has 1 unspecified atom stereocenters. The van der Waals surface area contributed by atoms with Crippen LogP contribution in [0.4, 0.5) is 23.7 Å². The van der Waals surface area contributed by atoms with Crippen molar-refractivity contribution in [1.29, 1.82) is 0 Å². The number of carbonyl (C=O) groups excluding carboxylic acids is 2. The number of benzene rings is 1. The molecular weight excluding hydrogens is 487 g/mol. The van der Waals surface area contributed by atoms with Crippen LogP contribution in [0.2, 0.25) is 0 Å². The molecule has 3 saturated heterocycles. The number of likely N-dealkylation sites (tertiary alicyclic amines) is 2. The Kier molecular flexibility index (Phi) is 7.01. The van der Waals surface area contributed by atoms with Gasteiger partial charge in [0, 0.05) is 63.0 Å². The number of nitrogens with zero attached hydrogens (tertiary/aromatic N) is 5. The Hall–Kier alpha value is -2.92. The Morgan fingerprint density at radius 1 is 1.08 bits per heavy atom. The number of hydrogen-bond acceptors (Lipinski definition) is 6. The number of anilines is 1. The summed E-state index contributed by atoms with van der Waals surface area (Å²) in [6.07, 6.45) is 0.402. The van der Waals surface area contributed by atoms with Gasteiger partial charge in [0.2, 0.25) is 0 Å². The Labute approximate surface area is 213 Å². The van der Waals surface area contributed by atoms with E-state index in [1.54, 1.807) is 24.0 Å². The fourth-order valence-corrected chi connectivity index (χ4v) is 5.74. The topological polar surface area (TPSA) is 70.9 Å². The van der Waals surface area contributed by atoms with Gasteiger partial charge in [0.15, 0.2) is 5.78 Å². The normalized spacial score (nSPS) is 22.8. The second kappa shape index (κ2) is 10.1. The molecule has 1 aromatic carbocycles. The summed E-state index contributed by atoms with van der Waals surface area (Å²) in [6, 6.07) is 4.38. The van der Waals surface area contributed by atoms with E-state index in [4.69, 9.17) is 4.74 Å². The van der Waals surface area contributed by atoms with Crippen molar-refractivity contribution in [2.24, 2.45) is 5.41 Å². The molecule has 0 bridgehead atoms. The third-order valence-electron chi connectivity index (χ3n) is 7.82. The number of halogens is 3. The number of amides is 1. The summed E-state index contributed by atoms with van der Waals surface area (Å²) < 4.78 is 48.5. The lowest BCUT2D eigenvalue weighted by molar-refractivity contribution is -0.138. The van der Waals surface area contributed by atoms with Gasteiger partial charge in [-0.05, 0) is 37.1 Å². The van der Waals surface area contributed by atoms with Gasteiger partial charge in [0.25, 0.3) is 0 Å². The third kappa shape index (κ3) is 5.38. The van der Waals surface area contributed by atoms with Crippen LogP contribution in [0.5, 0.6) is 0 Å². The lowest BCUT2D eigenvalue weighted by atomic mass is 9.86. The molecule has 11 heteroatoms. The van der Waals surface area contributed by atoms with Gasteiger partial charge >= 0.3 is 12.2 Å². The van der Waals surface area contributed by atoms with Crippen LogP contribution in [-0.2, 0) is 17.5 Å². The summed E-state index contributed by atoms with van der Waals surface area (Å²) >= 11 is 0. The standard InChI is InChI=1S/C26H32F3N5O3/c1-2-23(35)20-14-30-34(16-20)24(36)33-8-6-25(18-33)5-7-31(17-25)15-19-3-4-21(13-22(19)26(27,28)29)32-9-11-37-12-10-32/h3-4,13-14,16H,2,5-12,15,17-18H2,1H3. The van der Waals surface area contributed by atoms with Crippen LogP contribution in [0.15, 0.2) is 30.6 Å². The molecular formula is C26H32F3N5O3. The van der Waals surface area contributed by atoms with Gasteiger partial charge in [-0.1, -0.05) is 13.0 Å². The largest absolute Gasteiger partial charge is 0.416 e. The molecule has 3 aliphatic heterocycles. The van der Waals surface area contributed by atoms with E-state index in [-0.39, 0.29) is 29.3 Å².